The zero-order valence-corrected chi connectivity index (χ0v) is 14.1. The molecule has 2 aromatic heterocycles. The zero-order chi connectivity index (χ0) is 16.7. The Balaban J connectivity index is 1.83. The van der Waals surface area contributed by atoms with Crippen LogP contribution in [0.25, 0.3) is 11.0 Å². The van der Waals surface area contributed by atoms with Crippen LogP contribution in [0.5, 0.6) is 0 Å². The number of anilines is 3. The van der Waals surface area contributed by atoms with E-state index in [-0.39, 0.29) is 0 Å². The number of likely N-dealkylation sites (N-methyl/N-ethyl adjacent to an activating group) is 1. The maximum absolute atomic E-state index is 6.09. The van der Waals surface area contributed by atoms with E-state index >= 15 is 0 Å². The van der Waals surface area contributed by atoms with E-state index in [1.807, 2.05) is 0 Å². The molecular formula is C18H22N6. The van der Waals surface area contributed by atoms with Crippen molar-refractivity contribution >= 4 is 28.4 Å². The molecule has 0 atom stereocenters. The van der Waals surface area contributed by atoms with Crippen LogP contribution in [0.15, 0.2) is 24.3 Å². The molecule has 0 saturated heterocycles. The average molecular weight is 322 g/mol. The Bertz CT molecular complexity index is 881. The minimum absolute atomic E-state index is 0.612. The number of aromatic amines is 1. The van der Waals surface area contributed by atoms with Gasteiger partial charge in [-0.25, -0.2) is 4.98 Å². The lowest BCUT2D eigenvalue weighted by Gasteiger charge is -2.29. The fourth-order valence-corrected chi connectivity index (χ4v) is 3.36. The molecule has 1 aliphatic heterocycles. The molecule has 1 aliphatic rings. The quantitative estimate of drug-likeness (QED) is 0.690. The number of nitrogens with two attached hydrogens (primary N) is 1. The molecule has 0 unspecified atom stereocenters. The van der Waals surface area contributed by atoms with Gasteiger partial charge in [0.05, 0.1) is 5.39 Å². The van der Waals surface area contributed by atoms with Gasteiger partial charge in [0.15, 0.2) is 5.65 Å². The van der Waals surface area contributed by atoms with Gasteiger partial charge in [-0.3, -0.25) is 10.00 Å². The van der Waals surface area contributed by atoms with E-state index in [1.54, 1.807) is 0 Å². The molecule has 4 N–H and O–H groups in total. The largest absolute Gasteiger partial charge is 0.384 e. The van der Waals surface area contributed by atoms with Crippen molar-refractivity contribution in [2.45, 2.75) is 26.8 Å². The summed E-state index contributed by atoms with van der Waals surface area (Å²) >= 11 is 0. The van der Waals surface area contributed by atoms with Crippen molar-refractivity contribution in [2.75, 3.05) is 24.1 Å². The van der Waals surface area contributed by atoms with E-state index in [0.29, 0.717) is 11.5 Å². The normalized spacial score (nSPS) is 14.8. The lowest BCUT2D eigenvalue weighted by molar-refractivity contribution is 0.269. The number of nitrogens with one attached hydrogen (secondary N) is 2. The van der Waals surface area contributed by atoms with E-state index in [4.69, 9.17) is 10.7 Å². The third kappa shape index (κ3) is 2.49. The van der Waals surface area contributed by atoms with E-state index < -0.39 is 0 Å². The van der Waals surface area contributed by atoms with Crippen LogP contribution in [0, 0.1) is 6.92 Å². The van der Waals surface area contributed by atoms with Crippen LogP contribution in [-0.4, -0.2) is 33.2 Å². The molecule has 1 aromatic carbocycles. The first-order valence-electron chi connectivity index (χ1n) is 8.37. The van der Waals surface area contributed by atoms with Crippen LogP contribution in [-0.2, 0) is 13.0 Å². The van der Waals surface area contributed by atoms with E-state index in [1.165, 1.54) is 16.7 Å². The first kappa shape index (κ1) is 15.0. The summed E-state index contributed by atoms with van der Waals surface area (Å²) in [6, 6.07) is 8.34. The molecule has 0 spiro atoms. The SMILES string of the molecule is CCN1CCc2c(c(Nc3ccc(C)cc3)nc3n[nH]c(N)c23)C1. The summed E-state index contributed by atoms with van der Waals surface area (Å²) in [5, 5.41) is 11.6. The Morgan fingerprint density at radius 2 is 2.04 bits per heavy atom. The monoisotopic (exact) mass is 322 g/mol. The molecule has 0 amide bonds. The predicted molar refractivity (Wildman–Crippen MR) is 97.4 cm³/mol. The summed E-state index contributed by atoms with van der Waals surface area (Å²) in [5.74, 6) is 1.49. The van der Waals surface area contributed by atoms with Crippen LogP contribution in [0.1, 0.15) is 23.6 Å². The highest BCUT2D eigenvalue weighted by atomic mass is 15.2. The Morgan fingerprint density at radius 3 is 2.79 bits per heavy atom. The van der Waals surface area contributed by atoms with E-state index in [0.717, 1.165) is 42.9 Å². The number of nitrogens with zero attached hydrogens (tertiary/aromatic N) is 3. The number of nitrogen functional groups attached to an aromatic ring is 1. The van der Waals surface area contributed by atoms with Gasteiger partial charge in [0.25, 0.3) is 0 Å². The first-order chi connectivity index (χ1) is 11.7. The number of H-pyrrole nitrogens is 1. The van der Waals surface area contributed by atoms with E-state index in [9.17, 15) is 0 Å². The van der Waals surface area contributed by atoms with Crippen LogP contribution in [0.4, 0.5) is 17.3 Å². The van der Waals surface area contributed by atoms with Gasteiger partial charge < -0.3 is 11.1 Å². The summed E-state index contributed by atoms with van der Waals surface area (Å²) in [6.45, 7) is 7.23. The molecule has 24 heavy (non-hydrogen) atoms. The lowest BCUT2D eigenvalue weighted by atomic mass is 9.97. The highest BCUT2D eigenvalue weighted by Gasteiger charge is 2.24. The molecule has 0 aliphatic carbocycles. The molecule has 6 nitrogen and oxygen atoms in total. The van der Waals surface area contributed by atoms with Crippen LogP contribution >= 0.6 is 0 Å². The topological polar surface area (TPSA) is 82.9 Å². The van der Waals surface area contributed by atoms with Crippen molar-refractivity contribution in [3.8, 4) is 0 Å². The molecule has 124 valence electrons. The maximum atomic E-state index is 6.09. The Kier molecular flexibility index (Phi) is 3.61. The van der Waals surface area contributed by atoms with Gasteiger partial charge in [-0.15, -0.1) is 0 Å². The predicted octanol–water partition coefficient (Wildman–Crippen LogP) is 2.97. The standard InChI is InChI=1S/C18H22N6/c1-3-24-9-8-13-14(10-24)17(20-12-6-4-11(2)5-7-12)21-18-15(13)16(19)22-23-18/h4-7H,3,8-10H2,1-2H3,(H4,19,20,21,22,23). The second kappa shape index (κ2) is 5.79. The van der Waals surface area contributed by atoms with Crippen molar-refractivity contribution in [1.82, 2.24) is 20.1 Å². The van der Waals surface area contributed by atoms with Crippen molar-refractivity contribution in [1.29, 1.82) is 0 Å². The van der Waals surface area contributed by atoms with Crippen LogP contribution < -0.4 is 11.1 Å². The summed E-state index contributed by atoms with van der Waals surface area (Å²) in [7, 11) is 0. The van der Waals surface area contributed by atoms with Gasteiger partial charge in [0.2, 0.25) is 0 Å². The molecule has 4 rings (SSSR count). The van der Waals surface area contributed by atoms with Crippen LogP contribution in [0.3, 0.4) is 0 Å². The molecule has 3 heterocycles. The van der Waals surface area contributed by atoms with Crippen molar-refractivity contribution in [3.63, 3.8) is 0 Å². The molecule has 0 fully saturated rings. The maximum Gasteiger partial charge on any atom is 0.185 e. The van der Waals surface area contributed by atoms with Gasteiger partial charge in [-0.2, -0.15) is 5.10 Å². The molecule has 0 bridgehead atoms. The van der Waals surface area contributed by atoms with Crippen LogP contribution in [0.2, 0.25) is 0 Å². The number of pyridine rings is 1. The second-order valence-corrected chi connectivity index (χ2v) is 6.36. The van der Waals surface area contributed by atoms with Crippen molar-refractivity contribution < 1.29 is 0 Å². The number of aromatic nitrogens is 3. The molecule has 0 saturated carbocycles. The van der Waals surface area contributed by atoms with Crippen molar-refractivity contribution in [3.05, 3.63) is 41.0 Å². The zero-order valence-electron chi connectivity index (χ0n) is 14.1. The first-order valence-corrected chi connectivity index (χ1v) is 8.37. The van der Waals surface area contributed by atoms with Gasteiger partial charge in [0, 0.05) is 24.3 Å². The number of hydrogen-bond donors (Lipinski definition) is 3. The summed E-state index contributed by atoms with van der Waals surface area (Å²) in [4.78, 5) is 7.16. The van der Waals surface area contributed by atoms with Crippen molar-refractivity contribution in [2.24, 2.45) is 0 Å². The van der Waals surface area contributed by atoms with E-state index in [2.05, 4.69) is 58.5 Å². The summed E-state index contributed by atoms with van der Waals surface area (Å²) < 4.78 is 0. The minimum atomic E-state index is 0.612. The number of rotatable bonds is 3. The van der Waals surface area contributed by atoms with Gasteiger partial charge in [0.1, 0.15) is 11.6 Å². The third-order valence-electron chi connectivity index (χ3n) is 4.77. The summed E-state index contributed by atoms with van der Waals surface area (Å²) in [6.07, 6.45) is 0.967. The van der Waals surface area contributed by atoms with Gasteiger partial charge >= 0.3 is 0 Å². The molecule has 3 aromatic rings. The number of benzene rings is 1. The molecule has 0 radical (unpaired) electrons. The van der Waals surface area contributed by atoms with Gasteiger partial charge in [-0.05, 0) is 37.6 Å². The third-order valence-corrected chi connectivity index (χ3v) is 4.77. The second-order valence-electron chi connectivity index (χ2n) is 6.36. The minimum Gasteiger partial charge on any atom is -0.384 e. The number of hydrogen-bond acceptors (Lipinski definition) is 5. The highest BCUT2D eigenvalue weighted by Crippen LogP contribution is 2.34. The molecule has 6 heteroatoms. The Morgan fingerprint density at radius 1 is 1.25 bits per heavy atom. The number of aryl methyl sites for hydroxylation is 1. The fraction of sp³-hybridized carbons (Fsp3) is 0.333. The molecular weight excluding hydrogens is 300 g/mol. The highest BCUT2D eigenvalue weighted by molar-refractivity contribution is 5.92. The Labute approximate surface area is 141 Å². The number of fused-ring (bicyclic) bond motifs is 3. The summed E-state index contributed by atoms with van der Waals surface area (Å²) in [5.41, 5.74) is 11.5. The van der Waals surface area contributed by atoms with Gasteiger partial charge in [-0.1, -0.05) is 24.6 Å². The Hall–Kier alpha value is -2.60. The smallest absolute Gasteiger partial charge is 0.185 e. The lowest BCUT2D eigenvalue weighted by Crippen LogP contribution is -2.31. The fourth-order valence-electron chi connectivity index (χ4n) is 3.36. The average Bonchev–Trinajstić information content (AvgIpc) is 2.97.